The van der Waals surface area contributed by atoms with Gasteiger partial charge in [0.1, 0.15) is 0 Å². The molecule has 1 amide bonds. The van der Waals surface area contributed by atoms with Crippen molar-refractivity contribution in [1.29, 1.82) is 0 Å². The van der Waals surface area contributed by atoms with E-state index in [1.165, 1.54) is 12.1 Å². The highest BCUT2D eigenvalue weighted by Crippen LogP contribution is 2.44. The Kier molecular flexibility index (Phi) is 3.53. The van der Waals surface area contributed by atoms with E-state index in [2.05, 4.69) is 5.32 Å². The van der Waals surface area contributed by atoms with Crippen LogP contribution in [0.3, 0.4) is 0 Å². The van der Waals surface area contributed by atoms with Crippen molar-refractivity contribution < 1.29 is 14.8 Å². The van der Waals surface area contributed by atoms with Crippen molar-refractivity contribution in [3.05, 3.63) is 39.4 Å². The molecule has 0 unspecified atom stereocenters. The second kappa shape index (κ2) is 4.97. The summed E-state index contributed by atoms with van der Waals surface area (Å²) in [6.45, 7) is 2.20. The number of rotatable bonds is 5. The summed E-state index contributed by atoms with van der Waals surface area (Å²) in [5, 5.41) is 22.6. The van der Waals surface area contributed by atoms with Crippen LogP contribution in [0.25, 0.3) is 0 Å². The molecular formula is C13H16N2O4. The minimum atomic E-state index is -0.522. The first-order valence-electron chi connectivity index (χ1n) is 6.11. The van der Waals surface area contributed by atoms with Gasteiger partial charge in [0, 0.05) is 29.7 Å². The number of aliphatic hydroxyl groups is 1. The molecule has 1 aliphatic rings. The fourth-order valence-electron chi connectivity index (χ4n) is 1.90. The third-order valence-corrected chi connectivity index (χ3v) is 3.59. The molecule has 1 saturated carbocycles. The largest absolute Gasteiger partial charge is 0.396 e. The zero-order valence-corrected chi connectivity index (χ0v) is 10.7. The molecule has 102 valence electrons. The van der Waals surface area contributed by atoms with Gasteiger partial charge in [0.25, 0.3) is 11.6 Å². The molecule has 1 aliphatic carbocycles. The van der Waals surface area contributed by atoms with Gasteiger partial charge < -0.3 is 10.4 Å². The number of aliphatic hydroxyl groups excluding tert-OH is 1. The van der Waals surface area contributed by atoms with E-state index < -0.39 is 4.92 Å². The Hall–Kier alpha value is -1.95. The molecule has 19 heavy (non-hydrogen) atoms. The Morgan fingerprint density at radius 2 is 2.21 bits per heavy atom. The number of aryl methyl sites for hydroxylation is 1. The number of nitro benzene ring substituents is 1. The highest BCUT2D eigenvalue weighted by molar-refractivity contribution is 5.96. The summed E-state index contributed by atoms with van der Waals surface area (Å²) in [5.41, 5.74) is 0.725. The number of hydrogen-bond acceptors (Lipinski definition) is 4. The van der Waals surface area contributed by atoms with Crippen molar-refractivity contribution in [2.45, 2.75) is 19.8 Å². The Balaban J connectivity index is 2.10. The van der Waals surface area contributed by atoms with E-state index in [1.807, 2.05) is 0 Å². The quantitative estimate of drug-likeness (QED) is 0.621. The van der Waals surface area contributed by atoms with Gasteiger partial charge in [-0.05, 0) is 25.3 Å². The fraction of sp³-hybridized carbons (Fsp3) is 0.462. The van der Waals surface area contributed by atoms with Gasteiger partial charge in [-0.2, -0.15) is 0 Å². The van der Waals surface area contributed by atoms with Crippen LogP contribution >= 0.6 is 0 Å². The van der Waals surface area contributed by atoms with Crippen LogP contribution in [-0.2, 0) is 0 Å². The number of nitrogens with zero attached hydrogens (tertiary/aromatic N) is 1. The number of hydrogen-bond donors (Lipinski definition) is 2. The molecule has 0 aromatic heterocycles. The van der Waals surface area contributed by atoms with Crippen LogP contribution in [0, 0.1) is 22.5 Å². The lowest BCUT2D eigenvalue weighted by atomic mass is 10.1. The maximum atomic E-state index is 12.0. The molecule has 2 N–H and O–H groups in total. The van der Waals surface area contributed by atoms with Crippen LogP contribution in [0.5, 0.6) is 0 Å². The highest BCUT2D eigenvalue weighted by atomic mass is 16.6. The lowest BCUT2D eigenvalue weighted by Crippen LogP contribution is -2.32. The van der Waals surface area contributed by atoms with Crippen LogP contribution in [0.4, 0.5) is 5.69 Å². The Bertz CT molecular complexity index is 523. The first-order valence-corrected chi connectivity index (χ1v) is 6.11. The Morgan fingerprint density at radius 3 is 2.74 bits per heavy atom. The topological polar surface area (TPSA) is 92.5 Å². The lowest BCUT2D eigenvalue weighted by Gasteiger charge is -2.13. The molecule has 0 heterocycles. The average Bonchev–Trinajstić information content (AvgIpc) is 3.17. The molecule has 6 heteroatoms. The molecule has 6 nitrogen and oxygen atoms in total. The van der Waals surface area contributed by atoms with Crippen LogP contribution < -0.4 is 5.32 Å². The molecule has 1 aromatic carbocycles. The molecule has 0 radical (unpaired) electrons. The first-order chi connectivity index (χ1) is 8.97. The maximum Gasteiger partial charge on any atom is 0.270 e. The summed E-state index contributed by atoms with van der Waals surface area (Å²) in [6.07, 6.45) is 1.80. The minimum Gasteiger partial charge on any atom is -0.396 e. The van der Waals surface area contributed by atoms with Gasteiger partial charge in [-0.25, -0.2) is 0 Å². The lowest BCUT2D eigenvalue weighted by molar-refractivity contribution is -0.384. The summed E-state index contributed by atoms with van der Waals surface area (Å²) in [7, 11) is 0. The van der Waals surface area contributed by atoms with Crippen molar-refractivity contribution in [1.82, 2.24) is 5.32 Å². The molecular weight excluding hydrogens is 248 g/mol. The second-order valence-electron chi connectivity index (χ2n) is 5.10. The van der Waals surface area contributed by atoms with E-state index in [0.29, 0.717) is 17.7 Å². The molecule has 1 fully saturated rings. The van der Waals surface area contributed by atoms with Crippen molar-refractivity contribution >= 4 is 11.6 Å². The van der Waals surface area contributed by atoms with Gasteiger partial charge in [-0.1, -0.05) is 6.07 Å². The highest BCUT2D eigenvalue weighted by Gasteiger charge is 2.42. The van der Waals surface area contributed by atoms with Crippen LogP contribution in [0.1, 0.15) is 28.8 Å². The summed E-state index contributed by atoms with van der Waals surface area (Å²) in [4.78, 5) is 22.2. The predicted octanol–water partition coefficient (Wildman–Crippen LogP) is 1.41. The summed E-state index contributed by atoms with van der Waals surface area (Å²) in [6, 6.07) is 4.22. The summed E-state index contributed by atoms with van der Waals surface area (Å²) in [5.74, 6) is -0.332. The SMILES string of the molecule is Cc1ccc([N+](=O)[O-])cc1C(=O)NCC1(CO)CC1. The van der Waals surface area contributed by atoms with Gasteiger partial charge in [0.05, 0.1) is 11.5 Å². The van der Waals surface area contributed by atoms with E-state index in [4.69, 9.17) is 0 Å². The number of nitro groups is 1. The molecule has 0 atom stereocenters. The number of benzene rings is 1. The third kappa shape index (κ3) is 2.90. The predicted molar refractivity (Wildman–Crippen MR) is 68.9 cm³/mol. The van der Waals surface area contributed by atoms with E-state index in [9.17, 15) is 20.0 Å². The van der Waals surface area contributed by atoms with Gasteiger partial charge >= 0.3 is 0 Å². The van der Waals surface area contributed by atoms with Crippen molar-refractivity contribution in [2.24, 2.45) is 5.41 Å². The minimum absolute atomic E-state index is 0.0567. The van der Waals surface area contributed by atoms with Crippen molar-refractivity contribution in [2.75, 3.05) is 13.2 Å². The first kappa shape index (κ1) is 13.5. The Morgan fingerprint density at radius 1 is 1.53 bits per heavy atom. The van der Waals surface area contributed by atoms with Crippen LogP contribution in [-0.4, -0.2) is 29.1 Å². The number of nitrogens with one attached hydrogen (secondary N) is 1. The van der Waals surface area contributed by atoms with Crippen molar-refractivity contribution in [3.8, 4) is 0 Å². The molecule has 2 rings (SSSR count). The van der Waals surface area contributed by atoms with Crippen LogP contribution in [0.15, 0.2) is 18.2 Å². The number of carbonyl (C=O) groups excluding carboxylic acids is 1. The van der Waals surface area contributed by atoms with Gasteiger partial charge in [0.2, 0.25) is 0 Å². The summed E-state index contributed by atoms with van der Waals surface area (Å²) >= 11 is 0. The third-order valence-electron chi connectivity index (χ3n) is 3.59. The smallest absolute Gasteiger partial charge is 0.270 e. The molecule has 0 aliphatic heterocycles. The Labute approximate surface area is 110 Å². The van der Waals surface area contributed by atoms with Gasteiger partial charge in [-0.3, -0.25) is 14.9 Å². The fourth-order valence-corrected chi connectivity index (χ4v) is 1.90. The molecule has 0 spiro atoms. The zero-order chi connectivity index (χ0) is 14.0. The number of amides is 1. The van der Waals surface area contributed by atoms with Crippen LogP contribution in [0.2, 0.25) is 0 Å². The zero-order valence-electron chi connectivity index (χ0n) is 10.7. The molecule has 0 bridgehead atoms. The van der Waals surface area contributed by atoms with E-state index in [1.54, 1.807) is 13.0 Å². The van der Waals surface area contributed by atoms with E-state index in [-0.39, 0.29) is 23.6 Å². The summed E-state index contributed by atoms with van der Waals surface area (Å²) < 4.78 is 0. The van der Waals surface area contributed by atoms with E-state index >= 15 is 0 Å². The second-order valence-corrected chi connectivity index (χ2v) is 5.10. The molecule has 1 aromatic rings. The average molecular weight is 264 g/mol. The normalized spacial score (nSPS) is 15.9. The standard InChI is InChI=1S/C13H16N2O4/c1-9-2-3-10(15(18)19)6-11(9)12(17)14-7-13(8-16)4-5-13/h2-3,6,16H,4-5,7-8H2,1H3,(H,14,17). The van der Waals surface area contributed by atoms with E-state index in [0.717, 1.165) is 12.8 Å². The van der Waals surface area contributed by atoms with Crippen molar-refractivity contribution in [3.63, 3.8) is 0 Å². The monoisotopic (exact) mass is 264 g/mol. The van der Waals surface area contributed by atoms with Gasteiger partial charge in [-0.15, -0.1) is 0 Å². The maximum absolute atomic E-state index is 12.0. The van der Waals surface area contributed by atoms with Gasteiger partial charge in [0.15, 0.2) is 0 Å². The number of non-ortho nitro benzene ring substituents is 1. The number of carbonyl (C=O) groups is 1. The molecule has 0 saturated heterocycles.